The Labute approximate surface area is 129 Å². The summed E-state index contributed by atoms with van der Waals surface area (Å²) < 4.78 is 0. The molecule has 3 rings (SSSR count). The van der Waals surface area contributed by atoms with Crippen molar-refractivity contribution in [3.63, 3.8) is 0 Å². The SMILES string of the molecule is CN(C)c1ccc(NCc2c[nH]c3cc(Cl)ccc23)cc1. The van der Waals surface area contributed by atoms with Crippen LogP contribution in [0.15, 0.2) is 48.7 Å². The largest absolute Gasteiger partial charge is 0.381 e. The molecule has 2 N–H and O–H groups in total. The van der Waals surface area contributed by atoms with Crippen molar-refractivity contribution in [3.8, 4) is 0 Å². The third kappa shape index (κ3) is 2.98. The normalized spacial score (nSPS) is 10.8. The van der Waals surface area contributed by atoms with Gasteiger partial charge in [-0.25, -0.2) is 0 Å². The van der Waals surface area contributed by atoms with Crippen molar-refractivity contribution in [3.05, 3.63) is 59.2 Å². The van der Waals surface area contributed by atoms with Gasteiger partial charge in [0.05, 0.1) is 0 Å². The Balaban J connectivity index is 1.74. The van der Waals surface area contributed by atoms with Gasteiger partial charge in [-0.05, 0) is 42.0 Å². The lowest BCUT2D eigenvalue weighted by Gasteiger charge is -2.13. The van der Waals surface area contributed by atoms with E-state index in [-0.39, 0.29) is 0 Å². The highest BCUT2D eigenvalue weighted by atomic mass is 35.5. The standard InChI is InChI=1S/C17H18ClN3/c1-21(2)15-6-4-14(5-7-15)19-10-12-11-20-17-9-13(18)3-8-16(12)17/h3-9,11,19-20H,10H2,1-2H3. The van der Waals surface area contributed by atoms with Crippen LogP contribution < -0.4 is 10.2 Å². The van der Waals surface area contributed by atoms with Gasteiger partial charge in [-0.2, -0.15) is 0 Å². The average Bonchev–Trinajstić information content (AvgIpc) is 2.87. The fraction of sp³-hybridized carbons (Fsp3) is 0.176. The van der Waals surface area contributed by atoms with Crippen LogP contribution in [0.4, 0.5) is 11.4 Å². The second-order valence-corrected chi connectivity index (χ2v) is 5.74. The lowest BCUT2D eigenvalue weighted by atomic mass is 10.1. The average molecular weight is 300 g/mol. The minimum atomic E-state index is 0.753. The summed E-state index contributed by atoms with van der Waals surface area (Å²) in [6.07, 6.45) is 2.03. The Morgan fingerprint density at radius 3 is 2.57 bits per heavy atom. The number of hydrogen-bond donors (Lipinski definition) is 2. The van der Waals surface area contributed by atoms with E-state index in [9.17, 15) is 0 Å². The lowest BCUT2D eigenvalue weighted by molar-refractivity contribution is 1.13. The summed E-state index contributed by atoms with van der Waals surface area (Å²) in [4.78, 5) is 5.35. The van der Waals surface area contributed by atoms with Crippen molar-refractivity contribution < 1.29 is 0 Å². The number of fused-ring (bicyclic) bond motifs is 1. The Kier molecular flexibility index (Phi) is 3.76. The Morgan fingerprint density at radius 1 is 1.10 bits per heavy atom. The second kappa shape index (κ2) is 5.70. The van der Waals surface area contributed by atoms with E-state index in [1.54, 1.807) is 0 Å². The van der Waals surface area contributed by atoms with Gasteiger partial charge < -0.3 is 15.2 Å². The number of hydrogen-bond acceptors (Lipinski definition) is 2. The molecule has 0 bridgehead atoms. The summed E-state index contributed by atoms with van der Waals surface area (Å²) in [5.74, 6) is 0. The van der Waals surface area contributed by atoms with Gasteiger partial charge in [-0.1, -0.05) is 17.7 Å². The Bertz CT molecular complexity index is 744. The van der Waals surface area contributed by atoms with Gasteiger partial charge in [0, 0.05) is 54.1 Å². The van der Waals surface area contributed by atoms with Crippen LogP contribution in [0.2, 0.25) is 5.02 Å². The van der Waals surface area contributed by atoms with Gasteiger partial charge in [0.15, 0.2) is 0 Å². The number of aromatic amines is 1. The molecule has 4 heteroatoms. The van der Waals surface area contributed by atoms with E-state index in [4.69, 9.17) is 11.6 Å². The highest BCUT2D eigenvalue weighted by Crippen LogP contribution is 2.23. The molecule has 0 amide bonds. The fourth-order valence-electron chi connectivity index (χ4n) is 2.38. The molecular weight excluding hydrogens is 282 g/mol. The summed E-state index contributed by atoms with van der Waals surface area (Å²) >= 11 is 6.00. The van der Waals surface area contributed by atoms with Crippen LogP contribution in [0.3, 0.4) is 0 Å². The third-order valence-corrected chi connectivity index (χ3v) is 3.83. The summed E-state index contributed by atoms with van der Waals surface area (Å²) in [5.41, 5.74) is 4.62. The van der Waals surface area contributed by atoms with Crippen molar-refractivity contribution >= 4 is 33.9 Å². The molecule has 108 valence electrons. The van der Waals surface area contributed by atoms with E-state index in [2.05, 4.69) is 45.5 Å². The number of halogens is 1. The predicted octanol–water partition coefficient (Wildman–Crippen LogP) is 4.50. The zero-order chi connectivity index (χ0) is 14.8. The Hall–Kier alpha value is -2.13. The molecule has 1 aromatic heterocycles. The molecular formula is C17H18ClN3. The number of aromatic nitrogens is 1. The van der Waals surface area contributed by atoms with Crippen LogP contribution in [-0.4, -0.2) is 19.1 Å². The molecule has 0 atom stereocenters. The van der Waals surface area contributed by atoms with Crippen LogP contribution >= 0.6 is 11.6 Å². The van der Waals surface area contributed by atoms with Gasteiger partial charge >= 0.3 is 0 Å². The third-order valence-electron chi connectivity index (χ3n) is 3.60. The molecule has 21 heavy (non-hydrogen) atoms. The predicted molar refractivity (Wildman–Crippen MR) is 91.4 cm³/mol. The number of nitrogens with zero attached hydrogens (tertiary/aromatic N) is 1. The van der Waals surface area contributed by atoms with Crippen molar-refractivity contribution in [1.29, 1.82) is 0 Å². The minimum absolute atomic E-state index is 0.753. The first-order valence-electron chi connectivity index (χ1n) is 6.90. The summed E-state index contributed by atoms with van der Waals surface area (Å²) in [6, 6.07) is 14.3. The maximum absolute atomic E-state index is 6.00. The molecule has 0 aliphatic rings. The molecule has 1 heterocycles. The molecule has 0 fully saturated rings. The number of anilines is 2. The second-order valence-electron chi connectivity index (χ2n) is 5.30. The zero-order valence-corrected chi connectivity index (χ0v) is 12.9. The first kappa shape index (κ1) is 13.8. The van der Waals surface area contributed by atoms with Crippen molar-refractivity contribution in [2.75, 3.05) is 24.3 Å². The van der Waals surface area contributed by atoms with Crippen LogP contribution in [0.1, 0.15) is 5.56 Å². The quantitative estimate of drug-likeness (QED) is 0.743. The highest BCUT2D eigenvalue weighted by molar-refractivity contribution is 6.31. The number of rotatable bonds is 4. The molecule has 0 spiro atoms. The minimum Gasteiger partial charge on any atom is -0.381 e. The molecule has 0 saturated heterocycles. The number of H-pyrrole nitrogens is 1. The van der Waals surface area contributed by atoms with Gasteiger partial charge in [0.2, 0.25) is 0 Å². The topological polar surface area (TPSA) is 31.1 Å². The molecule has 3 nitrogen and oxygen atoms in total. The van der Waals surface area contributed by atoms with Crippen LogP contribution in [0.5, 0.6) is 0 Å². The van der Waals surface area contributed by atoms with E-state index in [0.29, 0.717) is 0 Å². The molecule has 2 aromatic carbocycles. The van der Waals surface area contributed by atoms with Gasteiger partial charge in [0.25, 0.3) is 0 Å². The highest BCUT2D eigenvalue weighted by Gasteiger charge is 2.04. The maximum atomic E-state index is 6.00. The van der Waals surface area contributed by atoms with E-state index in [1.807, 2.05) is 32.4 Å². The molecule has 0 radical (unpaired) electrons. The van der Waals surface area contributed by atoms with Crippen LogP contribution in [0, 0.1) is 0 Å². The molecule has 0 aliphatic carbocycles. The first-order chi connectivity index (χ1) is 10.1. The smallest absolute Gasteiger partial charge is 0.0472 e. The first-order valence-corrected chi connectivity index (χ1v) is 7.28. The molecule has 0 saturated carbocycles. The van der Waals surface area contributed by atoms with Crippen molar-refractivity contribution in [2.24, 2.45) is 0 Å². The lowest BCUT2D eigenvalue weighted by Crippen LogP contribution is -2.08. The van der Waals surface area contributed by atoms with Gasteiger partial charge in [-0.3, -0.25) is 0 Å². The van der Waals surface area contributed by atoms with Gasteiger partial charge in [0.1, 0.15) is 0 Å². The summed E-state index contributed by atoms with van der Waals surface area (Å²) in [5, 5.41) is 5.41. The van der Waals surface area contributed by atoms with Crippen LogP contribution in [-0.2, 0) is 6.54 Å². The maximum Gasteiger partial charge on any atom is 0.0472 e. The number of benzene rings is 2. The van der Waals surface area contributed by atoms with E-state index >= 15 is 0 Å². The van der Waals surface area contributed by atoms with Gasteiger partial charge in [-0.15, -0.1) is 0 Å². The van der Waals surface area contributed by atoms with Crippen molar-refractivity contribution in [1.82, 2.24) is 4.98 Å². The van der Waals surface area contributed by atoms with E-state index in [0.717, 1.165) is 22.8 Å². The van der Waals surface area contributed by atoms with E-state index in [1.165, 1.54) is 16.6 Å². The monoisotopic (exact) mass is 299 g/mol. The zero-order valence-electron chi connectivity index (χ0n) is 12.2. The summed E-state index contributed by atoms with van der Waals surface area (Å²) in [7, 11) is 4.08. The fourth-order valence-corrected chi connectivity index (χ4v) is 2.55. The molecule has 3 aromatic rings. The Morgan fingerprint density at radius 2 is 1.86 bits per heavy atom. The summed E-state index contributed by atoms with van der Waals surface area (Å²) in [6.45, 7) is 0.781. The van der Waals surface area contributed by atoms with E-state index < -0.39 is 0 Å². The molecule has 0 aliphatic heterocycles. The number of nitrogens with one attached hydrogen (secondary N) is 2. The van der Waals surface area contributed by atoms with Crippen LogP contribution in [0.25, 0.3) is 10.9 Å². The van der Waals surface area contributed by atoms with Crippen molar-refractivity contribution in [2.45, 2.75) is 6.54 Å². The molecule has 0 unspecified atom stereocenters.